The maximum absolute atomic E-state index is 13.2. The molecule has 25 heavy (non-hydrogen) atoms. The van der Waals surface area contributed by atoms with Gasteiger partial charge in [-0.3, -0.25) is 4.79 Å². The van der Waals surface area contributed by atoms with E-state index in [0.717, 1.165) is 16.7 Å². The Labute approximate surface area is 147 Å². The molecule has 0 saturated heterocycles. The summed E-state index contributed by atoms with van der Waals surface area (Å²) in [6, 6.07) is 10.9. The number of benzene rings is 2. The predicted octanol–water partition coefficient (Wildman–Crippen LogP) is 2.89. The Morgan fingerprint density at radius 1 is 1.12 bits per heavy atom. The van der Waals surface area contributed by atoms with E-state index < -0.39 is 17.8 Å². The van der Waals surface area contributed by atoms with Crippen molar-refractivity contribution in [2.45, 2.75) is 32.7 Å². The van der Waals surface area contributed by atoms with Crippen LogP contribution in [-0.4, -0.2) is 25.0 Å². The van der Waals surface area contributed by atoms with Gasteiger partial charge < -0.3 is 10.1 Å². The summed E-state index contributed by atoms with van der Waals surface area (Å²) in [5.74, 6) is -1.26. The number of carbonyl (C=O) groups excluding carboxylic acids is 2. The second kappa shape index (κ2) is 8.42. The van der Waals surface area contributed by atoms with Gasteiger partial charge in [0.1, 0.15) is 11.9 Å². The number of ether oxygens (including phenoxy) is 1. The molecule has 1 amide bonds. The molecule has 5 heteroatoms. The number of methoxy groups -OCH3 is 1. The number of halogens is 1. The lowest BCUT2D eigenvalue weighted by atomic mass is 9.96. The quantitative estimate of drug-likeness (QED) is 0.821. The molecular formula is C20H22FNO3. The normalized spacial score (nSPS) is 11.7. The molecule has 1 N–H and O–H groups in total. The van der Waals surface area contributed by atoms with Crippen LogP contribution in [0, 0.1) is 19.7 Å². The highest BCUT2D eigenvalue weighted by atomic mass is 19.1. The highest BCUT2D eigenvalue weighted by Crippen LogP contribution is 2.16. The van der Waals surface area contributed by atoms with Crippen LogP contribution in [0.3, 0.4) is 0 Å². The summed E-state index contributed by atoms with van der Waals surface area (Å²) in [7, 11) is 1.29. The summed E-state index contributed by atoms with van der Waals surface area (Å²) in [4.78, 5) is 24.4. The molecule has 0 aliphatic rings. The van der Waals surface area contributed by atoms with Crippen molar-refractivity contribution in [3.8, 4) is 0 Å². The van der Waals surface area contributed by atoms with Crippen molar-refractivity contribution in [1.29, 1.82) is 0 Å². The minimum atomic E-state index is -0.786. The average molecular weight is 343 g/mol. The van der Waals surface area contributed by atoms with Crippen LogP contribution >= 0.6 is 0 Å². The van der Waals surface area contributed by atoms with Gasteiger partial charge in [0.2, 0.25) is 5.91 Å². The van der Waals surface area contributed by atoms with Gasteiger partial charge in [-0.05, 0) is 48.2 Å². The van der Waals surface area contributed by atoms with E-state index in [1.165, 1.54) is 19.2 Å². The third-order valence-corrected chi connectivity index (χ3v) is 4.13. The molecule has 0 heterocycles. The summed E-state index contributed by atoms with van der Waals surface area (Å²) < 4.78 is 18.1. The highest BCUT2D eigenvalue weighted by molar-refractivity contribution is 5.85. The van der Waals surface area contributed by atoms with Crippen molar-refractivity contribution < 1.29 is 18.7 Å². The molecule has 0 aliphatic carbocycles. The maximum atomic E-state index is 13.2. The summed E-state index contributed by atoms with van der Waals surface area (Å²) >= 11 is 0. The molecule has 0 saturated carbocycles. The fraction of sp³-hybridized carbons (Fsp3) is 0.300. The topological polar surface area (TPSA) is 55.4 Å². The van der Waals surface area contributed by atoms with E-state index >= 15 is 0 Å². The number of carbonyl (C=O) groups is 2. The van der Waals surface area contributed by atoms with Crippen molar-refractivity contribution in [2.75, 3.05) is 7.11 Å². The van der Waals surface area contributed by atoms with Crippen LogP contribution < -0.4 is 5.32 Å². The van der Waals surface area contributed by atoms with Crippen LogP contribution in [0.5, 0.6) is 0 Å². The smallest absolute Gasteiger partial charge is 0.328 e. The van der Waals surface area contributed by atoms with Gasteiger partial charge in [-0.25, -0.2) is 9.18 Å². The van der Waals surface area contributed by atoms with Crippen LogP contribution in [0.2, 0.25) is 0 Å². The molecule has 0 aromatic heterocycles. The number of nitrogens with one attached hydrogen (secondary N) is 1. The molecule has 0 unspecified atom stereocenters. The number of hydrogen-bond donors (Lipinski definition) is 1. The van der Waals surface area contributed by atoms with Gasteiger partial charge in [-0.15, -0.1) is 0 Å². The second-order valence-corrected chi connectivity index (χ2v) is 6.02. The third-order valence-electron chi connectivity index (χ3n) is 4.13. The summed E-state index contributed by atoms with van der Waals surface area (Å²) in [5, 5.41) is 2.70. The minimum absolute atomic E-state index is 0.00198. The molecule has 0 radical (unpaired) electrons. The van der Waals surface area contributed by atoms with Crippen molar-refractivity contribution >= 4 is 11.9 Å². The maximum Gasteiger partial charge on any atom is 0.328 e. The predicted molar refractivity (Wildman–Crippen MR) is 93.7 cm³/mol. The Bertz CT molecular complexity index is 753. The van der Waals surface area contributed by atoms with E-state index in [-0.39, 0.29) is 12.3 Å². The first kappa shape index (κ1) is 18.6. The van der Waals surface area contributed by atoms with E-state index in [9.17, 15) is 14.0 Å². The molecule has 0 fully saturated rings. The van der Waals surface area contributed by atoms with Crippen LogP contribution in [0.15, 0.2) is 42.5 Å². The van der Waals surface area contributed by atoms with E-state index in [4.69, 9.17) is 4.74 Å². The van der Waals surface area contributed by atoms with E-state index in [1.807, 2.05) is 32.0 Å². The zero-order valence-corrected chi connectivity index (χ0v) is 14.6. The molecule has 2 rings (SSSR count). The Balaban J connectivity index is 2.12. The molecule has 0 aliphatic heterocycles. The van der Waals surface area contributed by atoms with Crippen molar-refractivity contribution in [3.63, 3.8) is 0 Å². The van der Waals surface area contributed by atoms with Crippen LogP contribution in [0.1, 0.15) is 22.3 Å². The van der Waals surface area contributed by atoms with Crippen molar-refractivity contribution in [2.24, 2.45) is 0 Å². The number of hydrogen-bond acceptors (Lipinski definition) is 3. The number of esters is 1. The van der Waals surface area contributed by atoms with Gasteiger partial charge in [-0.1, -0.05) is 30.3 Å². The third kappa shape index (κ3) is 5.14. The molecular weight excluding hydrogens is 321 g/mol. The molecule has 4 nitrogen and oxygen atoms in total. The Hall–Kier alpha value is -2.69. The number of rotatable bonds is 6. The van der Waals surface area contributed by atoms with E-state index in [1.54, 1.807) is 12.1 Å². The molecule has 0 spiro atoms. The minimum Gasteiger partial charge on any atom is -0.467 e. The molecule has 2 aromatic rings. The van der Waals surface area contributed by atoms with Gasteiger partial charge in [0.05, 0.1) is 13.5 Å². The fourth-order valence-corrected chi connectivity index (χ4v) is 2.79. The zero-order chi connectivity index (χ0) is 18.4. The Morgan fingerprint density at radius 2 is 1.76 bits per heavy atom. The first-order valence-electron chi connectivity index (χ1n) is 8.07. The first-order valence-corrected chi connectivity index (χ1v) is 8.07. The monoisotopic (exact) mass is 343 g/mol. The van der Waals surface area contributed by atoms with E-state index in [2.05, 4.69) is 5.32 Å². The number of aryl methyl sites for hydroxylation is 2. The van der Waals surface area contributed by atoms with Gasteiger partial charge in [0.15, 0.2) is 0 Å². The van der Waals surface area contributed by atoms with Gasteiger partial charge in [-0.2, -0.15) is 0 Å². The lowest BCUT2D eigenvalue weighted by Gasteiger charge is -2.19. The highest BCUT2D eigenvalue weighted by Gasteiger charge is 2.23. The summed E-state index contributed by atoms with van der Waals surface area (Å²) in [5.41, 5.74) is 3.65. The SMILES string of the molecule is COC(=O)[C@H](Cc1c(C)cccc1C)NC(=O)Cc1cccc(F)c1. The second-order valence-electron chi connectivity index (χ2n) is 6.02. The number of amides is 1. The zero-order valence-electron chi connectivity index (χ0n) is 14.6. The summed E-state index contributed by atoms with van der Waals surface area (Å²) in [6.45, 7) is 3.93. The molecule has 0 bridgehead atoms. The van der Waals surface area contributed by atoms with Gasteiger partial charge >= 0.3 is 5.97 Å². The Kier molecular flexibility index (Phi) is 6.28. The fourth-order valence-electron chi connectivity index (χ4n) is 2.79. The van der Waals surface area contributed by atoms with Crippen LogP contribution in [0.4, 0.5) is 4.39 Å². The average Bonchev–Trinajstić information content (AvgIpc) is 2.56. The lowest BCUT2D eigenvalue weighted by Crippen LogP contribution is -2.44. The lowest BCUT2D eigenvalue weighted by molar-refractivity contribution is -0.145. The first-order chi connectivity index (χ1) is 11.9. The molecule has 132 valence electrons. The standard InChI is InChI=1S/C20H22FNO3/c1-13-6-4-7-14(2)17(13)12-18(20(24)25-3)22-19(23)11-15-8-5-9-16(21)10-15/h4-10,18H,11-12H2,1-3H3,(H,22,23)/t18-/m0/s1. The van der Waals surface area contributed by atoms with Crippen LogP contribution in [0.25, 0.3) is 0 Å². The molecule has 2 aromatic carbocycles. The van der Waals surface area contributed by atoms with Crippen molar-refractivity contribution in [1.82, 2.24) is 5.32 Å². The van der Waals surface area contributed by atoms with Gasteiger partial charge in [0.25, 0.3) is 0 Å². The van der Waals surface area contributed by atoms with Crippen LogP contribution in [-0.2, 0) is 27.2 Å². The van der Waals surface area contributed by atoms with Gasteiger partial charge in [0, 0.05) is 6.42 Å². The Morgan fingerprint density at radius 3 is 2.36 bits per heavy atom. The van der Waals surface area contributed by atoms with E-state index in [0.29, 0.717) is 12.0 Å². The largest absolute Gasteiger partial charge is 0.467 e. The summed E-state index contributed by atoms with van der Waals surface area (Å²) in [6.07, 6.45) is 0.345. The van der Waals surface area contributed by atoms with Crippen molar-refractivity contribution in [3.05, 3.63) is 70.5 Å². The molecule has 1 atom stereocenters.